The maximum absolute atomic E-state index is 5.56. The second-order valence-electron chi connectivity index (χ2n) is 7.36. The summed E-state index contributed by atoms with van der Waals surface area (Å²) >= 11 is 1.82. The number of ether oxygens (including phenoxy) is 3. The number of halogens is 1. The van der Waals surface area contributed by atoms with Gasteiger partial charge >= 0.3 is 0 Å². The Kier molecular flexibility index (Phi) is 11.4. The Hall–Kier alpha value is -1.72. The molecule has 1 atom stereocenters. The van der Waals surface area contributed by atoms with E-state index >= 15 is 0 Å². The van der Waals surface area contributed by atoms with Gasteiger partial charge in [-0.3, -0.25) is 4.90 Å². The minimum absolute atomic E-state index is 0. The molecule has 32 heavy (non-hydrogen) atoms. The maximum atomic E-state index is 5.56. The van der Waals surface area contributed by atoms with Gasteiger partial charge in [0.1, 0.15) is 17.2 Å². The third-order valence-electron chi connectivity index (χ3n) is 5.47. The summed E-state index contributed by atoms with van der Waals surface area (Å²) in [6, 6.07) is 8.43. The summed E-state index contributed by atoms with van der Waals surface area (Å²) in [6.45, 7) is 6.40. The first-order valence-corrected chi connectivity index (χ1v) is 11.7. The zero-order valence-electron chi connectivity index (χ0n) is 19.3. The van der Waals surface area contributed by atoms with Gasteiger partial charge in [0.15, 0.2) is 5.96 Å². The first-order chi connectivity index (χ1) is 15.2. The Morgan fingerprint density at radius 3 is 2.31 bits per heavy atom. The molecule has 2 aromatic rings. The zero-order chi connectivity index (χ0) is 22.1. The van der Waals surface area contributed by atoms with E-state index in [1.54, 1.807) is 21.3 Å². The zero-order valence-corrected chi connectivity index (χ0v) is 22.5. The lowest BCUT2D eigenvalue weighted by molar-refractivity contribution is 0.249. The number of aliphatic imine (C=N–C) groups is 1. The molecule has 0 spiro atoms. The molecule has 178 valence electrons. The second-order valence-corrected chi connectivity index (χ2v) is 8.34. The normalized spacial score (nSPS) is 15.1. The number of nitrogens with zero attached hydrogens (tertiary/aromatic N) is 2. The fourth-order valence-electron chi connectivity index (χ4n) is 3.87. The number of rotatable bonds is 10. The van der Waals surface area contributed by atoms with Gasteiger partial charge in [0.2, 0.25) is 0 Å². The molecule has 0 radical (unpaired) electrons. The lowest BCUT2D eigenvalue weighted by Gasteiger charge is -2.27. The number of hydrogen-bond donors (Lipinski definition) is 2. The van der Waals surface area contributed by atoms with Crippen LogP contribution in [0.25, 0.3) is 0 Å². The van der Waals surface area contributed by atoms with Crippen LogP contribution in [0.3, 0.4) is 0 Å². The van der Waals surface area contributed by atoms with E-state index in [-0.39, 0.29) is 24.0 Å². The van der Waals surface area contributed by atoms with E-state index in [1.807, 2.05) is 23.5 Å². The molecular formula is C23H35IN4O3S. The van der Waals surface area contributed by atoms with Gasteiger partial charge < -0.3 is 24.8 Å². The highest BCUT2D eigenvalue weighted by Crippen LogP contribution is 2.34. The number of nitrogens with one attached hydrogen (secondary N) is 2. The van der Waals surface area contributed by atoms with E-state index in [2.05, 4.69) is 40.0 Å². The Morgan fingerprint density at radius 2 is 1.78 bits per heavy atom. The van der Waals surface area contributed by atoms with Crippen LogP contribution in [-0.2, 0) is 6.54 Å². The molecule has 3 rings (SSSR count). The molecule has 9 heteroatoms. The molecule has 2 heterocycles. The van der Waals surface area contributed by atoms with E-state index in [4.69, 9.17) is 19.2 Å². The molecule has 1 saturated heterocycles. The van der Waals surface area contributed by atoms with Gasteiger partial charge in [-0.15, -0.1) is 35.3 Å². The molecule has 0 bridgehead atoms. The van der Waals surface area contributed by atoms with Crippen LogP contribution in [0, 0.1) is 0 Å². The number of benzene rings is 1. The van der Waals surface area contributed by atoms with Crippen LogP contribution in [0.1, 0.15) is 36.2 Å². The Morgan fingerprint density at radius 1 is 1.09 bits per heavy atom. The van der Waals surface area contributed by atoms with Crippen LogP contribution in [-0.4, -0.2) is 58.4 Å². The van der Waals surface area contributed by atoms with Gasteiger partial charge in [0.05, 0.1) is 39.5 Å². The van der Waals surface area contributed by atoms with Crippen LogP contribution in [0.4, 0.5) is 0 Å². The summed E-state index contributed by atoms with van der Waals surface area (Å²) in [5.74, 6) is 2.87. The summed E-state index contributed by atoms with van der Waals surface area (Å²) < 4.78 is 16.5. The third kappa shape index (κ3) is 6.89. The number of thiophene rings is 1. The summed E-state index contributed by atoms with van der Waals surface area (Å²) in [6.07, 6.45) is 2.54. The van der Waals surface area contributed by atoms with Crippen molar-refractivity contribution < 1.29 is 14.2 Å². The number of likely N-dealkylation sites (tertiary alicyclic amines) is 1. The molecule has 1 unspecified atom stereocenters. The van der Waals surface area contributed by atoms with Gasteiger partial charge in [0, 0.05) is 30.1 Å². The highest BCUT2D eigenvalue weighted by molar-refractivity contribution is 14.0. The monoisotopic (exact) mass is 574 g/mol. The first kappa shape index (κ1) is 26.5. The average molecular weight is 575 g/mol. The fourth-order valence-corrected chi connectivity index (χ4v) is 4.73. The van der Waals surface area contributed by atoms with Crippen LogP contribution >= 0.6 is 35.3 Å². The number of methoxy groups -OCH3 is 3. The third-order valence-corrected chi connectivity index (χ3v) is 6.45. The van der Waals surface area contributed by atoms with E-state index in [0.29, 0.717) is 29.8 Å². The first-order valence-electron chi connectivity index (χ1n) is 10.8. The van der Waals surface area contributed by atoms with Crippen molar-refractivity contribution >= 4 is 41.3 Å². The van der Waals surface area contributed by atoms with Gasteiger partial charge in [-0.25, -0.2) is 4.99 Å². The minimum Gasteiger partial charge on any atom is -0.496 e. The van der Waals surface area contributed by atoms with Crippen molar-refractivity contribution in [2.75, 3.05) is 47.5 Å². The summed E-state index contributed by atoms with van der Waals surface area (Å²) in [5.41, 5.74) is 0.886. The van der Waals surface area contributed by atoms with Crippen molar-refractivity contribution in [2.45, 2.75) is 32.4 Å². The second kappa shape index (κ2) is 13.7. The SMILES string of the molecule is CCNC(=NCc1c(OC)cc(OC)cc1OC)NCC(c1cccs1)N1CCCC1.I. The quantitative estimate of drug-likeness (QED) is 0.251. The number of guanidine groups is 1. The Bertz CT molecular complexity index is 817. The number of hydrogen-bond acceptors (Lipinski definition) is 6. The molecule has 0 saturated carbocycles. The van der Waals surface area contributed by atoms with Crippen LogP contribution < -0.4 is 24.8 Å². The highest BCUT2D eigenvalue weighted by Gasteiger charge is 2.24. The van der Waals surface area contributed by atoms with Crippen LogP contribution in [0.15, 0.2) is 34.6 Å². The summed E-state index contributed by atoms with van der Waals surface area (Å²) in [4.78, 5) is 8.77. The van der Waals surface area contributed by atoms with E-state index in [9.17, 15) is 0 Å². The average Bonchev–Trinajstić information content (AvgIpc) is 3.52. The van der Waals surface area contributed by atoms with Crippen molar-refractivity contribution in [2.24, 2.45) is 4.99 Å². The lowest BCUT2D eigenvalue weighted by Crippen LogP contribution is -2.42. The molecule has 2 N–H and O–H groups in total. The molecule has 7 nitrogen and oxygen atoms in total. The molecular weight excluding hydrogens is 539 g/mol. The van der Waals surface area contributed by atoms with Crippen LogP contribution in [0.5, 0.6) is 17.2 Å². The molecule has 1 fully saturated rings. The van der Waals surface area contributed by atoms with Crippen molar-refractivity contribution in [1.82, 2.24) is 15.5 Å². The molecule has 1 aromatic heterocycles. The van der Waals surface area contributed by atoms with Crippen molar-refractivity contribution in [1.29, 1.82) is 0 Å². The van der Waals surface area contributed by atoms with Crippen molar-refractivity contribution in [3.63, 3.8) is 0 Å². The fraction of sp³-hybridized carbons (Fsp3) is 0.522. The molecule has 1 aliphatic rings. The molecule has 0 amide bonds. The molecule has 1 aliphatic heterocycles. The highest BCUT2D eigenvalue weighted by atomic mass is 127. The maximum Gasteiger partial charge on any atom is 0.191 e. The summed E-state index contributed by atoms with van der Waals surface area (Å²) in [7, 11) is 4.92. The van der Waals surface area contributed by atoms with Gasteiger partial charge in [0.25, 0.3) is 0 Å². The van der Waals surface area contributed by atoms with Gasteiger partial charge in [-0.2, -0.15) is 0 Å². The van der Waals surface area contributed by atoms with E-state index < -0.39 is 0 Å². The van der Waals surface area contributed by atoms with E-state index in [0.717, 1.165) is 37.7 Å². The topological polar surface area (TPSA) is 67.4 Å². The lowest BCUT2D eigenvalue weighted by atomic mass is 10.1. The van der Waals surface area contributed by atoms with Gasteiger partial charge in [-0.1, -0.05) is 6.07 Å². The van der Waals surface area contributed by atoms with Crippen molar-refractivity contribution in [3.8, 4) is 17.2 Å². The minimum atomic E-state index is 0. The smallest absolute Gasteiger partial charge is 0.191 e. The van der Waals surface area contributed by atoms with E-state index in [1.165, 1.54) is 17.7 Å². The van der Waals surface area contributed by atoms with Crippen LogP contribution in [0.2, 0.25) is 0 Å². The summed E-state index contributed by atoms with van der Waals surface area (Å²) in [5, 5.41) is 9.06. The molecule has 1 aromatic carbocycles. The Balaban J connectivity index is 0.00000363. The van der Waals surface area contributed by atoms with Crippen molar-refractivity contribution in [3.05, 3.63) is 40.1 Å². The predicted octanol–water partition coefficient (Wildman–Crippen LogP) is 4.28. The standard InChI is InChI=1S/C23H34N4O3S.HI/c1-5-24-23(25-15-18-20(29-3)13-17(28-2)14-21(18)30-4)26-16-19(22-9-8-12-31-22)27-10-6-7-11-27;/h8-9,12-14,19H,5-7,10-11,15-16H2,1-4H3,(H2,24,25,26);1H. The largest absolute Gasteiger partial charge is 0.496 e. The Labute approximate surface area is 212 Å². The molecule has 0 aliphatic carbocycles. The predicted molar refractivity (Wildman–Crippen MR) is 142 cm³/mol. The van der Waals surface area contributed by atoms with Gasteiger partial charge in [-0.05, 0) is 44.3 Å².